The Kier molecular flexibility index (Phi) is 4.46. The Morgan fingerprint density at radius 1 is 0.875 bits per heavy atom. The largest absolute Gasteiger partial charge is 0.439 e. The Balaban J connectivity index is 1.18. The Hall–Kier alpha value is -2.08. The van der Waals surface area contributed by atoms with Crippen molar-refractivity contribution < 1.29 is 23.0 Å². The van der Waals surface area contributed by atoms with E-state index in [0.717, 1.165) is 24.0 Å². The summed E-state index contributed by atoms with van der Waals surface area (Å²) in [6.45, 7) is 0. The second kappa shape index (κ2) is 6.96. The summed E-state index contributed by atoms with van der Waals surface area (Å²) < 4.78 is 46.4. The van der Waals surface area contributed by atoms with Crippen LogP contribution in [0.25, 0.3) is 0 Å². The highest BCUT2D eigenvalue weighted by Crippen LogP contribution is 2.60. The van der Waals surface area contributed by atoms with Gasteiger partial charge in [0.2, 0.25) is 5.88 Å². The van der Waals surface area contributed by atoms with E-state index in [1.165, 1.54) is 56.2 Å². The van der Waals surface area contributed by atoms with Gasteiger partial charge in [-0.2, -0.15) is 13.2 Å². The number of pyridine rings is 1. The summed E-state index contributed by atoms with van der Waals surface area (Å²) in [5, 5.41) is 10.4. The average molecular weight is 444 g/mol. The van der Waals surface area contributed by atoms with Gasteiger partial charge < -0.3 is 9.84 Å². The molecule has 6 heteroatoms. The van der Waals surface area contributed by atoms with Crippen LogP contribution in [0, 0.1) is 23.7 Å². The molecule has 5 aliphatic carbocycles. The summed E-state index contributed by atoms with van der Waals surface area (Å²) in [6, 6.07) is 10.9. The number of hydrogen-bond donors (Lipinski definition) is 1. The number of rotatable bonds is 5. The number of hydrogen-bond acceptors (Lipinski definition) is 3. The van der Waals surface area contributed by atoms with Crippen LogP contribution in [0.2, 0.25) is 0 Å². The molecular weight excluding hydrogens is 415 g/mol. The van der Waals surface area contributed by atoms with Gasteiger partial charge in [-0.1, -0.05) is 12.1 Å². The van der Waals surface area contributed by atoms with Crippen LogP contribution < -0.4 is 4.74 Å². The van der Waals surface area contributed by atoms with Gasteiger partial charge in [-0.05, 0) is 98.3 Å². The Morgan fingerprint density at radius 3 is 1.94 bits per heavy atom. The van der Waals surface area contributed by atoms with Crippen molar-refractivity contribution in [3.8, 4) is 11.6 Å². The van der Waals surface area contributed by atoms with Crippen molar-refractivity contribution in [1.82, 2.24) is 4.98 Å². The third-order valence-electron chi connectivity index (χ3n) is 8.50. The second-order valence-electron chi connectivity index (χ2n) is 10.7. The zero-order valence-corrected chi connectivity index (χ0v) is 17.9. The predicted octanol–water partition coefficient (Wildman–Crippen LogP) is 6.50. The fraction of sp³-hybridized carbons (Fsp3) is 0.577. The van der Waals surface area contributed by atoms with E-state index < -0.39 is 17.7 Å². The lowest BCUT2D eigenvalue weighted by atomic mass is 9.48. The molecule has 0 spiro atoms. The highest BCUT2D eigenvalue weighted by Gasteiger charge is 2.63. The summed E-state index contributed by atoms with van der Waals surface area (Å²) in [6.07, 6.45) is 5.21. The molecule has 0 amide bonds. The predicted molar refractivity (Wildman–Crippen MR) is 113 cm³/mol. The van der Waals surface area contributed by atoms with Crippen LogP contribution in [-0.2, 0) is 11.0 Å². The SMILES string of the molecule is O[C@](c1ccc(Oc2ccc(C34CC5CC(CC(C5)C3)C4)cc2)nc1)(C1CC1)C(F)(F)F. The third kappa shape index (κ3) is 3.25. The van der Waals surface area contributed by atoms with Crippen LogP contribution in [-0.4, -0.2) is 16.3 Å². The number of nitrogens with zero attached hydrogens (tertiary/aromatic N) is 1. The third-order valence-corrected chi connectivity index (χ3v) is 8.50. The number of halogens is 3. The van der Waals surface area contributed by atoms with Gasteiger partial charge in [-0.15, -0.1) is 0 Å². The molecule has 32 heavy (non-hydrogen) atoms. The van der Waals surface area contributed by atoms with E-state index in [1.807, 2.05) is 12.1 Å². The van der Waals surface area contributed by atoms with Crippen LogP contribution in [0.15, 0.2) is 42.6 Å². The Labute approximate surface area is 186 Å². The van der Waals surface area contributed by atoms with E-state index in [1.54, 1.807) is 0 Å². The molecular formula is C26H28F3NO2. The van der Waals surface area contributed by atoms with Gasteiger partial charge in [0.25, 0.3) is 0 Å². The molecule has 5 fully saturated rings. The van der Waals surface area contributed by atoms with Gasteiger partial charge in [0.15, 0.2) is 5.60 Å². The summed E-state index contributed by atoms with van der Waals surface area (Å²) in [4.78, 5) is 4.06. The van der Waals surface area contributed by atoms with E-state index in [9.17, 15) is 18.3 Å². The minimum atomic E-state index is -4.73. The lowest BCUT2D eigenvalue weighted by molar-refractivity contribution is -0.275. The van der Waals surface area contributed by atoms with Gasteiger partial charge in [0.1, 0.15) is 5.75 Å². The Morgan fingerprint density at radius 2 is 1.47 bits per heavy atom. The molecule has 3 nitrogen and oxygen atoms in total. The summed E-state index contributed by atoms with van der Waals surface area (Å²) in [5.74, 6) is 2.68. The van der Waals surface area contributed by atoms with E-state index in [4.69, 9.17) is 4.74 Å². The molecule has 0 unspecified atom stereocenters. The second-order valence-corrected chi connectivity index (χ2v) is 10.7. The number of ether oxygens (including phenoxy) is 1. The molecule has 0 radical (unpaired) electrons. The van der Waals surface area contributed by atoms with Crippen molar-refractivity contribution in [2.45, 2.75) is 68.6 Å². The number of aromatic nitrogens is 1. The summed E-state index contributed by atoms with van der Waals surface area (Å²) in [5.41, 5.74) is -1.35. The van der Waals surface area contributed by atoms with Crippen LogP contribution >= 0.6 is 0 Å². The van der Waals surface area contributed by atoms with Crippen LogP contribution in [0.1, 0.15) is 62.5 Å². The lowest BCUT2D eigenvalue weighted by Gasteiger charge is -2.57. The zero-order chi connectivity index (χ0) is 22.1. The maximum Gasteiger partial charge on any atom is 0.421 e. The molecule has 0 aliphatic heterocycles. The van der Waals surface area contributed by atoms with Gasteiger partial charge >= 0.3 is 6.18 Å². The lowest BCUT2D eigenvalue weighted by Crippen LogP contribution is -2.48. The molecule has 1 atom stereocenters. The standard InChI is InChI=1S/C26H28F3NO2/c27-26(28,29)25(31,20-1-2-20)21-5-8-23(30-15-21)32-22-6-3-19(4-7-22)24-12-16-9-17(13-24)11-18(10-16)14-24/h3-8,15-18,20,31H,1-2,9-14H2/t16?,17?,18?,24?,25-/m0/s1. The summed E-state index contributed by atoms with van der Waals surface area (Å²) >= 11 is 0. The minimum Gasteiger partial charge on any atom is -0.439 e. The fourth-order valence-corrected chi connectivity index (χ4v) is 7.26. The zero-order valence-electron chi connectivity index (χ0n) is 17.9. The molecule has 0 saturated heterocycles. The number of aliphatic hydroxyl groups is 1. The minimum absolute atomic E-state index is 0.219. The molecule has 4 bridgehead atoms. The van der Waals surface area contributed by atoms with E-state index in [0.29, 0.717) is 24.0 Å². The van der Waals surface area contributed by atoms with Crippen molar-refractivity contribution in [1.29, 1.82) is 0 Å². The van der Waals surface area contributed by atoms with Gasteiger partial charge in [-0.25, -0.2) is 4.98 Å². The monoisotopic (exact) mass is 443 g/mol. The van der Waals surface area contributed by atoms with Crippen molar-refractivity contribution in [3.63, 3.8) is 0 Å². The maximum atomic E-state index is 13.5. The van der Waals surface area contributed by atoms with Crippen molar-refractivity contribution >= 4 is 0 Å². The van der Waals surface area contributed by atoms with E-state index in [2.05, 4.69) is 17.1 Å². The van der Waals surface area contributed by atoms with E-state index in [-0.39, 0.29) is 11.4 Å². The average Bonchev–Trinajstić information content (AvgIpc) is 3.58. The normalized spacial score (nSPS) is 33.2. The first-order valence-electron chi connectivity index (χ1n) is 11.8. The van der Waals surface area contributed by atoms with Crippen LogP contribution in [0.5, 0.6) is 11.6 Å². The molecule has 170 valence electrons. The molecule has 1 aromatic heterocycles. The van der Waals surface area contributed by atoms with Crippen molar-refractivity contribution in [3.05, 3.63) is 53.7 Å². The van der Waals surface area contributed by atoms with Crippen LogP contribution in [0.3, 0.4) is 0 Å². The molecule has 5 saturated carbocycles. The summed E-state index contributed by atoms with van der Waals surface area (Å²) in [7, 11) is 0. The Bertz CT molecular complexity index is 962. The van der Waals surface area contributed by atoms with Crippen LogP contribution in [0.4, 0.5) is 13.2 Å². The fourth-order valence-electron chi connectivity index (χ4n) is 7.26. The first kappa shape index (κ1) is 20.5. The highest BCUT2D eigenvalue weighted by atomic mass is 19.4. The van der Waals surface area contributed by atoms with E-state index >= 15 is 0 Å². The van der Waals surface area contributed by atoms with Gasteiger partial charge in [0.05, 0.1) is 0 Å². The molecule has 2 aromatic rings. The first-order chi connectivity index (χ1) is 15.2. The first-order valence-corrected chi connectivity index (χ1v) is 11.8. The topological polar surface area (TPSA) is 42.4 Å². The smallest absolute Gasteiger partial charge is 0.421 e. The molecule has 1 aromatic carbocycles. The number of benzene rings is 1. The van der Waals surface area contributed by atoms with Gasteiger partial charge in [0, 0.05) is 23.7 Å². The number of alkyl halides is 3. The maximum absolute atomic E-state index is 13.5. The molecule has 1 heterocycles. The molecule has 1 N–H and O–H groups in total. The van der Waals surface area contributed by atoms with Crippen molar-refractivity contribution in [2.24, 2.45) is 23.7 Å². The molecule has 7 rings (SSSR count). The van der Waals surface area contributed by atoms with Gasteiger partial charge in [-0.3, -0.25) is 0 Å². The molecule has 5 aliphatic rings. The van der Waals surface area contributed by atoms with Crippen molar-refractivity contribution in [2.75, 3.05) is 0 Å². The quantitative estimate of drug-likeness (QED) is 0.573. The highest BCUT2D eigenvalue weighted by molar-refractivity contribution is 5.37.